The van der Waals surface area contributed by atoms with Crippen molar-refractivity contribution in [2.75, 3.05) is 33.3 Å². The molecule has 29 heavy (non-hydrogen) atoms. The minimum absolute atomic E-state index is 0.0311. The maximum absolute atomic E-state index is 13.0. The van der Waals surface area contributed by atoms with E-state index in [-0.39, 0.29) is 6.03 Å². The summed E-state index contributed by atoms with van der Waals surface area (Å²) in [6.07, 6.45) is 5.28. The van der Waals surface area contributed by atoms with E-state index in [1.165, 1.54) is 5.57 Å². The summed E-state index contributed by atoms with van der Waals surface area (Å²) in [5.41, 5.74) is 2.34. The molecular weight excluding hydrogens is 362 g/mol. The molecule has 5 nitrogen and oxygen atoms in total. The zero-order valence-electron chi connectivity index (χ0n) is 18.9. The summed E-state index contributed by atoms with van der Waals surface area (Å²) in [5.74, 6) is 1.38. The van der Waals surface area contributed by atoms with Gasteiger partial charge in [-0.05, 0) is 69.9 Å². The van der Waals surface area contributed by atoms with Crippen molar-refractivity contribution in [3.8, 4) is 5.75 Å². The van der Waals surface area contributed by atoms with Crippen LogP contribution < -0.4 is 10.1 Å². The maximum Gasteiger partial charge on any atom is 0.318 e. The Morgan fingerprint density at radius 3 is 2.52 bits per heavy atom. The van der Waals surface area contributed by atoms with Gasteiger partial charge in [-0.3, -0.25) is 0 Å². The molecule has 1 aromatic rings. The summed E-state index contributed by atoms with van der Waals surface area (Å²) in [7, 11) is 2.15. The Balaban J connectivity index is 1.95. The van der Waals surface area contributed by atoms with Crippen molar-refractivity contribution < 1.29 is 9.53 Å². The summed E-state index contributed by atoms with van der Waals surface area (Å²) in [5, 5.41) is 3.13. The van der Waals surface area contributed by atoms with Crippen LogP contribution in [0.25, 0.3) is 0 Å². The van der Waals surface area contributed by atoms with Crippen molar-refractivity contribution in [2.45, 2.75) is 59.5 Å². The Hall–Kier alpha value is -2.01. The summed E-state index contributed by atoms with van der Waals surface area (Å²) in [6, 6.07) is 8.34. The SMILES string of the molecule is CCC=C(C)CN(C(=O)NCc1ccc(OCC(C)C)cc1)C1CCN(C)CC1. The Morgan fingerprint density at radius 2 is 1.93 bits per heavy atom. The fourth-order valence-corrected chi connectivity index (χ4v) is 3.60. The van der Waals surface area contributed by atoms with Crippen molar-refractivity contribution in [1.82, 2.24) is 15.1 Å². The standard InChI is InChI=1S/C24H39N3O2/c1-6-7-20(4)17-27(22-12-14-26(5)15-13-22)24(28)25-16-21-8-10-23(11-9-21)29-18-19(2)3/h7-11,19,22H,6,12-18H2,1-5H3,(H,25,28). The van der Waals surface area contributed by atoms with Crippen LogP contribution in [0.1, 0.15) is 52.5 Å². The van der Waals surface area contributed by atoms with Gasteiger partial charge in [-0.15, -0.1) is 0 Å². The third kappa shape index (κ3) is 8.09. The van der Waals surface area contributed by atoms with Crippen LogP contribution >= 0.6 is 0 Å². The number of piperidine rings is 1. The van der Waals surface area contributed by atoms with Crippen LogP contribution in [0, 0.1) is 5.92 Å². The Morgan fingerprint density at radius 1 is 1.28 bits per heavy atom. The van der Waals surface area contributed by atoms with Crippen LogP contribution in [0.3, 0.4) is 0 Å². The smallest absolute Gasteiger partial charge is 0.318 e. The molecule has 5 heteroatoms. The molecule has 0 radical (unpaired) electrons. The van der Waals surface area contributed by atoms with Gasteiger partial charge in [-0.25, -0.2) is 4.79 Å². The summed E-state index contributed by atoms with van der Waals surface area (Å²) >= 11 is 0. The van der Waals surface area contributed by atoms with Gasteiger partial charge in [0.25, 0.3) is 0 Å². The molecule has 0 atom stereocenters. The number of likely N-dealkylation sites (tertiary alicyclic amines) is 1. The maximum atomic E-state index is 13.0. The molecule has 0 spiro atoms. The zero-order chi connectivity index (χ0) is 21.2. The van der Waals surface area contributed by atoms with Gasteiger partial charge in [-0.2, -0.15) is 0 Å². The average Bonchev–Trinajstić information content (AvgIpc) is 2.70. The number of hydrogen-bond donors (Lipinski definition) is 1. The largest absolute Gasteiger partial charge is 0.493 e. The molecule has 162 valence electrons. The monoisotopic (exact) mass is 401 g/mol. The third-order valence-electron chi connectivity index (χ3n) is 5.31. The highest BCUT2D eigenvalue weighted by atomic mass is 16.5. The molecule has 0 bridgehead atoms. The first-order valence-corrected chi connectivity index (χ1v) is 11.0. The predicted octanol–water partition coefficient (Wildman–Crippen LogP) is 4.68. The van der Waals surface area contributed by atoms with Crippen molar-refractivity contribution >= 4 is 6.03 Å². The molecule has 1 saturated heterocycles. The molecule has 0 saturated carbocycles. The number of rotatable bonds is 9. The fourth-order valence-electron chi connectivity index (χ4n) is 3.60. The van der Waals surface area contributed by atoms with E-state index in [9.17, 15) is 4.79 Å². The quantitative estimate of drug-likeness (QED) is 0.611. The molecular formula is C24H39N3O2. The summed E-state index contributed by atoms with van der Waals surface area (Å²) in [4.78, 5) is 17.4. The van der Waals surface area contributed by atoms with E-state index in [0.29, 0.717) is 31.7 Å². The van der Waals surface area contributed by atoms with Crippen molar-refractivity contribution in [3.05, 3.63) is 41.5 Å². The van der Waals surface area contributed by atoms with E-state index >= 15 is 0 Å². The number of benzene rings is 1. The lowest BCUT2D eigenvalue weighted by molar-refractivity contribution is 0.137. The number of carbonyl (C=O) groups excluding carboxylic acids is 1. The molecule has 1 aromatic carbocycles. The molecule has 1 N–H and O–H groups in total. The highest BCUT2D eigenvalue weighted by molar-refractivity contribution is 5.75. The van der Waals surface area contributed by atoms with Gasteiger partial charge in [0.1, 0.15) is 5.75 Å². The zero-order valence-corrected chi connectivity index (χ0v) is 18.9. The Kier molecular flexibility index (Phi) is 9.52. The number of amides is 2. The molecule has 1 fully saturated rings. The van der Waals surface area contributed by atoms with Gasteiger partial charge in [0.2, 0.25) is 0 Å². The highest BCUT2D eigenvalue weighted by Gasteiger charge is 2.26. The molecule has 0 aliphatic carbocycles. The number of nitrogens with zero attached hydrogens (tertiary/aromatic N) is 2. The molecule has 1 aliphatic heterocycles. The molecule has 2 amide bonds. The predicted molar refractivity (Wildman–Crippen MR) is 120 cm³/mol. The molecule has 1 heterocycles. The van der Waals surface area contributed by atoms with Crippen molar-refractivity contribution in [3.63, 3.8) is 0 Å². The fraction of sp³-hybridized carbons (Fsp3) is 0.625. The number of hydrogen-bond acceptors (Lipinski definition) is 3. The topological polar surface area (TPSA) is 44.8 Å². The van der Waals surface area contributed by atoms with Gasteiger partial charge in [-0.1, -0.05) is 44.6 Å². The lowest BCUT2D eigenvalue weighted by Crippen LogP contribution is -2.50. The van der Waals surface area contributed by atoms with E-state index < -0.39 is 0 Å². The van der Waals surface area contributed by atoms with E-state index in [0.717, 1.165) is 43.7 Å². The second kappa shape index (κ2) is 11.9. The number of allylic oxidation sites excluding steroid dienone is 1. The molecule has 2 rings (SSSR count). The van der Waals surface area contributed by atoms with Crippen LogP contribution in [0.4, 0.5) is 4.79 Å². The second-order valence-corrected chi connectivity index (χ2v) is 8.63. The number of ether oxygens (including phenoxy) is 1. The summed E-state index contributed by atoms with van der Waals surface area (Å²) < 4.78 is 5.74. The van der Waals surface area contributed by atoms with Crippen LogP contribution in [-0.4, -0.2) is 55.2 Å². The average molecular weight is 402 g/mol. The highest BCUT2D eigenvalue weighted by Crippen LogP contribution is 2.18. The van der Waals surface area contributed by atoms with Gasteiger partial charge >= 0.3 is 6.03 Å². The number of carbonyl (C=O) groups is 1. The lowest BCUT2D eigenvalue weighted by atomic mass is 10.0. The van der Waals surface area contributed by atoms with Gasteiger partial charge in [0, 0.05) is 19.1 Å². The molecule has 1 aliphatic rings. The minimum Gasteiger partial charge on any atom is -0.493 e. The number of urea groups is 1. The van der Waals surface area contributed by atoms with Crippen LogP contribution in [0.15, 0.2) is 35.9 Å². The van der Waals surface area contributed by atoms with Gasteiger partial charge in [0.05, 0.1) is 6.61 Å². The van der Waals surface area contributed by atoms with Crippen LogP contribution in [0.2, 0.25) is 0 Å². The first-order valence-electron chi connectivity index (χ1n) is 11.0. The van der Waals surface area contributed by atoms with E-state index in [1.54, 1.807) is 0 Å². The van der Waals surface area contributed by atoms with E-state index in [4.69, 9.17) is 4.74 Å². The molecule has 0 unspecified atom stereocenters. The Labute approximate surface area is 177 Å². The van der Waals surface area contributed by atoms with E-state index in [1.807, 2.05) is 29.2 Å². The first kappa shape index (κ1) is 23.3. The van der Waals surface area contributed by atoms with E-state index in [2.05, 4.69) is 51.0 Å². The van der Waals surface area contributed by atoms with Crippen molar-refractivity contribution in [2.24, 2.45) is 5.92 Å². The molecule has 0 aromatic heterocycles. The Bertz CT molecular complexity index is 647. The minimum atomic E-state index is 0.0311. The normalized spacial score (nSPS) is 16.1. The third-order valence-corrected chi connectivity index (χ3v) is 5.31. The number of nitrogens with one attached hydrogen (secondary N) is 1. The first-order chi connectivity index (χ1) is 13.9. The van der Waals surface area contributed by atoms with Gasteiger partial charge in [0.15, 0.2) is 0 Å². The van der Waals surface area contributed by atoms with Crippen molar-refractivity contribution in [1.29, 1.82) is 0 Å². The lowest BCUT2D eigenvalue weighted by Gasteiger charge is -2.37. The summed E-state index contributed by atoms with van der Waals surface area (Å²) in [6.45, 7) is 12.6. The second-order valence-electron chi connectivity index (χ2n) is 8.63. The van der Waals surface area contributed by atoms with Crippen LogP contribution in [-0.2, 0) is 6.54 Å². The van der Waals surface area contributed by atoms with Crippen LogP contribution in [0.5, 0.6) is 5.75 Å². The van der Waals surface area contributed by atoms with Gasteiger partial charge < -0.3 is 19.9 Å².